The summed E-state index contributed by atoms with van der Waals surface area (Å²) in [5, 5.41) is 6.35. The summed E-state index contributed by atoms with van der Waals surface area (Å²) in [4.78, 5) is 29.4. The zero-order chi connectivity index (χ0) is 22.5. The number of halogens is 1. The third-order valence-electron chi connectivity index (χ3n) is 6.23. The van der Waals surface area contributed by atoms with Crippen molar-refractivity contribution in [3.63, 3.8) is 0 Å². The lowest BCUT2D eigenvalue weighted by Gasteiger charge is -2.33. The van der Waals surface area contributed by atoms with Crippen LogP contribution in [0.25, 0.3) is 0 Å². The standard InChI is InChI=1S/C25H31FN4O2/c1-18-10-11-20(16-23(18)28-24(31)17-29-12-3-2-4-13-29)27-22-9-6-14-30(25(22)32)21-8-5-7-19(26)15-21/h5,7-8,10-11,15-16,22,27H,2-4,6,9,12-14,17H2,1H3,(H,28,31). The molecule has 2 saturated heterocycles. The number of nitrogens with one attached hydrogen (secondary N) is 2. The first-order valence-corrected chi connectivity index (χ1v) is 11.5. The molecule has 0 bridgehead atoms. The van der Waals surface area contributed by atoms with Crippen molar-refractivity contribution in [1.82, 2.24) is 4.90 Å². The minimum absolute atomic E-state index is 0.0156. The molecule has 2 aromatic rings. The Bertz CT molecular complexity index is 974. The summed E-state index contributed by atoms with van der Waals surface area (Å²) in [5.41, 5.74) is 3.08. The topological polar surface area (TPSA) is 64.7 Å². The fourth-order valence-corrected chi connectivity index (χ4v) is 4.47. The molecule has 2 aliphatic heterocycles. The Kier molecular flexibility index (Phi) is 7.05. The normalized spacial score (nSPS) is 19.6. The summed E-state index contributed by atoms with van der Waals surface area (Å²) >= 11 is 0. The van der Waals surface area contributed by atoms with Gasteiger partial charge >= 0.3 is 0 Å². The SMILES string of the molecule is Cc1ccc(NC2CCCN(c3cccc(F)c3)C2=O)cc1NC(=O)CN1CCCCC1. The average molecular weight is 439 g/mol. The van der Waals surface area contributed by atoms with Crippen LogP contribution in [-0.2, 0) is 9.59 Å². The van der Waals surface area contributed by atoms with Crippen LogP contribution in [0.4, 0.5) is 21.5 Å². The second-order valence-corrected chi connectivity index (χ2v) is 8.72. The molecule has 0 spiro atoms. The van der Waals surface area contributed by atoms with E-state index < -0.39 is 6.04 Å². The Morgan fingerprint density at radius 2 is 1.88 bits per heavy atom. The average Bonchev–Trinajstić information content (AvgIpc) is 2.78. The van der Waals surface area contributed by atoms with E-state index in [1.807, 2.05) is 25.1 Å². The molecule has 6 nitrogen and oxygen atoms in total. The maximum atomic E-state index is 13.6. The summed E-state index contributed by atoms with van der Waals surface area (Å²) in [6.45, 7) is 4.88. The van der Waals surface area contributed by atoms with Gasteiger partial charge in [-0.1, -0.05) is 18.6 Å². The molecule has 2 N–H and O–H groups in total. The van der Waals surface area contributed by atoms with Crippen molar-refractivity contribution in [2.75, 3.05) is 41.7 Å². The van der Waals surface area contributed by atoms with Gasteiger partial charge in [0.25, 0.3) is 0 Å². The van der Waals surface area contributed by atoms with Crippen LogP contribution in [0, 0.1) is 12.7 Å². The predicted octanol–water partition coefficient (Wildman–Crippen LogP) is 4.17. The van der Waals surface area contributed by atoms with Gasteiger partial charge in [-0.15, -0.1) is 0 Å². The van der Waals surface area contributed by atoms with Crippen molar-refractivity contribution >= 4 is 28.9 Å². The second kappa shape index (κ2) is 10.1. The highest BCUT2D eigenvalue weighted by molar-refractivity contribution is 5.99. The zero-order valence-electron chi connectivity index (χ0n) is 18.6. The highest BCUT2D eigenvalue weighted by Crippen LogP contribution is 2.26. The maximum Gasteiger partial charge on any atom is 0.249 e. The Labute approximate surface area is 188 Å². The van der Waals surface area contributed by atoms with Crippen LogP contribution in [0.3, 0.4) is 0 Å². The number of benzene rings is 2. The molecule has 2 heterocycles. The summed E-state index contributed by atoms with van der Waals surface area (Å²) in [7, 11) is 0. The lowest BCUT2D eigenvalue weighted by Crippen LogP contribution is -2.47. The van der Waals surface area contributed by atoms with Crippen LogP contribution < -0.4 is 15.5 Å². The Balaban J connectivity index is 1.41. The molecule has 0 radical (unpaired) electrons. The van der Waals surface area contributed by atoms with Gasteiger partial charge in [0.2, 0.25) is 11.8 Å². The Morgan fingerprint density at radius 1 is 1.06 bits per heavy atom. The van der Waals surface area contributed by atoms with Crippen LogP contribution in [0.15, 0.2) is 42.5 Å². The van der Waals surface area contributed by atoms with Gasteiger partial charge in [-0.05, 0) is 81.6 Å². The highest BCUT2D eigenvalue weighted by atomic mass is 19.1. The van der Waals surface area contributed by atoms with Gasteiger partial charge in [0, 0.05) is 23.6 Å². The molecular formula is C25H31FN4O2. The van der Waals surface area contributed by atoms with Crippen molar-refractivity contribution in [1.29, 1.82) is 0 Å². The lowest BCUT2D eigenvalue weighted by atomic mass is 10.0. The van der Waals surface area contributed by atoms with Crippen LogP contribution in [0.1, 0.15) is 37.7 Å². The van der Waals surface area contributed by atoms with Crippen molar-refractivity contribution < 1.29 is 14.0 Å². The van der Waals surface area contributed by atoms with E-state index in [1.54, 1.807) is 17.0 Å². The molecule has 32 heavy (non-hydrogen) atoms. The quantitative estimate of drug-likeness (QED) is 0.711. The summed E-state index contributed by atoms with van der Waals surface area (Å²) < 4.78 is 13.6. The van der Waals surface area contributed by atoms with E-state index in [9.17, 15) is 14.0 Å². The molecule has 2 aromatic carbocycles. The fraction of sp³-hybridized carbons (Fsp3) is 0.440. The predicted molar refractivity (Wildman–Crippen MR) is 125 cm³/mol. The van der Waals surface area contributed by atoms with Gasteiger partial charge < -0.3 is 15.5 Å². The number of carbonyl (C=O) groups excluding carboxylic acids is 2. The number of hydrogen-bond acceptors (Lipinski definition) is 4. The largest absolute Gasteiger partial charge is 0.374 e. The maximum absolute atomic E-state index is 13.6. The van der Waals surface area contributed by atoms with E-state index in [4.69, 9.17) is 0 Å². The summed E-state index contributed by atoms with van der Waals surface area (Å²) in [6, 6.07) is 11.5. The number of nitrogens with zero attached hydrogens (tertiary/aromatic N) is 2. The van der Waals surface area contributed by atoms with Crippen LogP contribution >= 0.6 is 0 Å². The van der Waals surface area contributed by atoms with E-state index >= 15 is 0 Å². The van der Waals surface area contributed by atoms with E-state index in [1.165, 1.54) is 18.6 Å². The Morgan fingerprint density at radius 3 is 2.66 bits per heavy atom. The van der Waals surface area contributed by atoms with Crippen LogP contribution in [-0.4, -0.2) is 48.9 Å². The minimum atomic E-state index is -0.397. The molecule has 2 aliphatic rings. The number of piperidine rings is 2. The van der Waals surface area contributed by atoms with Gasteiger partial charge in [0.1, 0.15) is 11.9 Å². The zero-order valence-corrected chi connectivity index (χ0v) is 18.6. The molecule has 0 saturated carbocycles. The lowest BCUT2D eigenvalue weighted by molar-refractivity contribution is -0.120. The van der Waals surface area contributed by atoms with E-state index in [0.717, 1.165) is 49.3 Å². The van der Waals surface area contributed by atoms with Crippen molar-refractivity contribution in [2.45, 2.75) is 45.1 Å². The van der Waals surface area contributed by atoms with Crippen molar-refractivity contribution in [2.24, 2.45) is 0 Å². The summed E-state index contributed by atoms with van der Waals surface area (Å²) in [6.07, 6.45) is 5.06. The van der Waals surface area contributed by atoms with Gasteiger partial charge in [-0.25, -0.2) is 4.39 Å². The molecule has 170 valence electrons. The molecule has 4 rings (SSSR count). The first kappa shape index (κ1) is 22.3. The number of rotatable bonds is 6. The van der Waals surface area contributed by atoms with Crippen molar-refractivity contribution in [3.05, 3.63) is 53.8 Å². The smallest absolute Gasteiger partial charge is 0.249 e. The third-order valence-corrected chi connectivity index (χ3v) is 6.23. The number of hydrogen-bond donors (Lipinski definition) is 2. The number of carbonyl (C=O) groups is 2. The first-order valence-electron chi connectivity index (χ1n) is 11.5. The number of likely N-dealkylation sites (tertiary alicyclic amines) is 1. The minimum Gasteiger partial charge on any atom is -0.374 e. The van der Waals surface area contributed by atoms with Gasteiger partial charge in [0.05, 0.1) is 6.54 Å². The molecule has 0 aliphatic carbocycles. The van der Waals surface area contributed by atoms with Crippen LogP contribution in [0.2, 0.25) is 0 Å². The van der Waals surface area contributed by atoms with E-state index in [-0.39, 0.29) is 17.6 Å². The van der Waals surface area contributed by atoms with Gasteiger partial charge in [0.15, 0.2) is 0 Å². The molecule has 1 atom stereocenters. The molecule has 2 amide bonds. The number of anilines is 3. The highest BCUT2D eigenvalue weighted by Gasteiger charge is 2.30. The molecule has 1 unspecified atom stereocenters. The molecule has 7 heteroatoms. The van der Waals surface area contributed by atoms with Gasteiger partial charge in [-0.2, -0.15) is 0 Å². The number of amides is 2. The van der Waals surface area contributed by atoms with Gasteiger partial charge in [-0.3, -0.25) is 14.5 Å². The van der Waals surface area contributed by atoms with E-state index in [0.29, 0.717) is 25.2 Å². The summed E-state index contributed by atoms with van der Waals surface area (Å²) in [5.74, 6) is -0.440. The molecule has 2 fully saturated rings. The molecule has 0 aromatic heterocycles. The third kappa shape index (κ3) is 5.46. The Hall–Kier alpha value is -2.93. The molecular weight excluding hydrogens is 407 g/mol. The second-order valence-electron chi connectivity index (χ2n) is 8.72. The fourth-order valence-electron chi connectivity index (χ4n) is 4.47. The monoisotopic (exact) mass is 438 g/mol. The number of aryl methyl sites for hydroxylation is 1. The first-order chi connectivity index (χ1) is 15.5. The van der Waals surface area contributed by atoms with Crippen LogP contribution in [0.5, 0.6) is 0 Å². The van der Waals surface area contributed by atoms with Crippen molar-refractivity contribution in [3.8, 4) is 0 Å². The van der Waals surface area contributed by atoms with E-state index in [2.05, 4.69) is 15.5 Å².